The molecular formula is C20H24N6OS. The van der Waals surface area contributed by atoms with Gasteiger partial charge in [0.2, 0.25) is 0 Å². The summed E-state index contributed by atoms with van der Waals surface area (Å²) in [5.41, 5.74) is 4.83. The van der Waals surface area contributed by atoms with Crippen molar-refractivity contribution in [3.8, 4) is 0 Å². The number of carbonyl (C=O) groups is 1. The van der Waals surface area contributed by atoms with Gasteiger partial charge in [-0.1, -0.05) is 0 Å². The van der Waals surface area contributed by atoms with Crippen molar-refractivity contribution < 1.29 is 4.79 Å². The molecule has 28 heavy (non-hydrogen) atoms. The number of hydrogen-bond donors (Lipinski definition) is 2. The molecule has 5 rings (SSSR count). The van der Waals surface area contributed by atoms with Gasteiger partial charge in [0.05, 0.1) is 17.8 Å². The Hall–Kier alpha value is -2.32. The van der Waals surface area contributed by atoms with Gasteiger partial charge in [-0.15, -0.1) is 11.3 Å². The highest BCUT2D eigenvalue weighted by molar-refractivity contribution is 7.10. The predicted octanol–water partition coefficient (Wildman–Crippen LogP) is 2.27. The van der Waals surface area contributed by atoms with E-state index in [1.54, 1.807) is 23.7 Å². The lowest BCUT2D eigenvalue weighted by atomic mass is 9.96. The second-order valence-electron chi connectivity index (χ2n) is 7.54. The van der Waals surface area contributed by atoms with Crippen molar-refractivity contribution in [2.45, 2.75) is 44.6 Å². The molecule has 2 N–H and O–H groups in total. The monoisotopic (exact) mass is 396 g/mol. The fraction of sp³-hybridized carbons (Fsp3) is 0.500. The summed E-state index contributed by atoms with van der Waals surface area (Å²) in [6, 6.07) is 0. The van der Waals surface area contributed by atoms with E-state index in [2.05, 4.69) is 20.6 Å². The molecule has 0 spiro atoms. The fourth-order valence-electron chi connectivity index (χ4n) is 4.30. The number of fused-ring (bicyclic) bond motifs is 2. The first-order chi connectivity index (χ1) is 13.8. The van der Waals surface area contributed by atoms with E-state index in [4.69, 9.17) is 5.10 Å². The van der Waals surface area contributed by atoms with Gasteiger partial charge in [0.25, 0.3) is 5.91 Å². The van der Waals surface area contributed by atoms with E-state index < -0.39 is 0 Å². The molecule has 1 atom stereocenters. The number of rotatable bonds is 5. The number of thiophene rings is 1. The van der Waals surface area contributed by atoms with Gasteiger partial charge in [0.15, 0.2) is 5.65 Å². The summed E-state index contributed by atoms with van der Waals surface area (Å²) in [7, 11) is 0. The highest BCUT2D eigenvalue weighted by Crippen LogP contribution is 2.30. The normalized spacial score (nSPS) is 19.1. The van der Waals surface area contributed by atoms with Crippen LogP contribution in [0.15, 0.2) is 17.8 Å². The summed E-state index contributed by atoms with van der Waals surface area (Å²) >= 11 is 1.73. The molecule has 7 nitrogen and oxygen atoms in total. The molecule has 146 valence electrons. The first-order valence-corrected chi connectivity index (χ1v) is 10.9. The van der Waals surface area contributed by atoms with Gasteiger partial charge < -0.3 is 10.6 Å². The molecule has 3 aromatic heterocycles. The summed E-state index contributed by atoms with van der Waals surface area (Å²) in [6.45, 7) is 3.07. The lowest BCUT2D eigenvalue weighted by Gasteiger charge is -2.12. The largest absolute Gasteiger partial charge is 0.350 e. The zero-order chi connectivity index (χ0) is 18.9. The van der Waals surface area contributed by atoms with Crippen LogP contribution in [-0.4, -0.2) is 45.3 Å². The van der Waals surface area contributed by atoms with E-state index in [9.17, 15) is 4.79 Å². The number of aromatic nitrogens is 4. The van der Waals surface area contributed by atoms with Gasteiger partial charge in [-0.2, -0.15) is 5.10 Å². The van der Waals surface area contributed by atoms with Crippen molar-refractivity contribution >= 4 is 28.4 Å². The minimum absolute atomic E-state index is 0.0298. The third-order valence-corrected chi connectivity index (χ3v) is 6.85. The Bertz CT molecular complexity index is 1000. The van der Waals surface area contributed by atoms with E-state index in [-0.39, 0.29) is 5.91 Å². The first kappa shape index (κ1) is 17.8. The maximum Gasteiger partial charge on any atom is 0.252 e. The molecule has 8 heteroatoms. The standard InChI is InChI=1S/C20H24N6OS/c27-20(15-12-28-16-4-2-1-3-14(15)16)24-9-10-26-19-18(22-7-8-23-19)17(25-26)13-5-6-21-11-13/h7-8,12-13,21H,1-6,9-11H2,(H,24,27)/t13-/m0/s1. The van der Waals surface area contributed by atoms with Crippen molar-refractivity contribution in [3.05, 3.63) is 39.5 Å². The average molecular weight is 397 g/mol. The molecule has 1 amide bonds. The molecular weight excluding hydrogens is 372 g/mol. The van der Waals surface area contributed by atoms with Crippen molar-refractivity contribution in [2.75, 3.05) is 19.6 Å². The molecule has 3 aromatic rings. The van der Waals surface area contributed by atoms with Gasteiger partial charge in [0, 0.05) is 41.7 Å². The Morgan fingerprint density at radius 3 is 3.07 bits per heavy atom. The van der Waals surface area contributed by atoms with E-state index in [0.29, 0.717) is 19.0 Å². The van der Waals surface area contributed by atoms with Gasteiger partial charge in [-0.3, -0.25) is 4.79 Å². The second-order valence-corrected chi connectivity index (χ2v) is 8.50. The summed E-state index contributed by atoms with van der Waals surface area (Å²) in [5.74, 6) is 0.412. The van der Waals surface area contributed by atoms with Crippen molar-refractivity contribution in [1.82, 2.24) is 30.4 Å². The molecule has 1 aliphatic heterocycles. The summed E-state index contributed by atoms with van der Waals surface area (Å²) < 4.78 is 1.89. The van der Waals surface area contributed by atoms with Crippen LogP contribution in [0.1, 0.15) is 51.7 Å². The lowest BCUT2D eigenvalue weighted by Crippen LogP contribution is -2.28. The lowest BCUT2D eigenvalue weighted by molar-refractivity contribution is 0.0951. The molecule has 4 heterocycles. The summed E-state index contributed by atoms with van der Waals surface area (Å²) in [4.78, 5) is 23.1. The maximum absolute atomic E-state index is 12.7. The Kier molecular flexibility index (Phi) is 4.82. The number of aryl methyl sites for hydroxylation is 1. The van der Waals surface area contributed by atoms with Crippen LogP contribution in [0.3, 0.4) is 0 Å². The van der Waals surface area contributed by atoms with Crippen LogP contribution < -0.4 is 10.6 Å². The number of nitrogens with zero attached hydrogens (tertiary/aromatic N) is 4. The van der Waals surface area contributed by atoms with Crippen molar-refractivity contribution in [3.63, 3.8) is 0 Å². The Morgan fingerprint density at radius 2 is 2.18 bits per heavy atom. The number of nitrogens with one attached hydrogen (secondary N) is 2. The van der Waals surface area contributed by atoms with Gasteiger partial charge in [0.1, 0.15) is 5.52 Å². The third-order valence-electron chi connectivity index (χ3n) is 5.76. The zero-order valence-electron chi connectivity index (χ0n) is 15.8. The SMILES string of the molecule is O=C(NCCn1nc([C@H]2CCNC2)c2nccnc21)c1csc2c1CCCC2. The van der Waals surface area contributed by atoms with Crippen LogP contribution in [0.25, 0.3) is 11.2 Å². The van der Waals surface area contributed by atoms with Crippen LogP contribution in [0.5, 0.6) is 0 Å². The number of carbonyl (C=O) groups excluding carboxylic acids is 1. The maximum atomic E-state index is 12.7. The highest BCUT2D eigenvalue weighted by atomic mass is 32.1. The molecule has 1 saturated heterocycles. The first-order valence-electron chi connectivity index (χ1n) is 10.1. The predicted molar refractivity (Wildman–Crippen MR) is 109 cm³/mol. The molecule has 0 bridgehead atoms. The van der Waals surface area contributed by atoms with E-state index >= 15 is 0 Å². The summed E-state index contributed by atoms with van der Waals surface area (Å²) in [5, 5.41) is 13.3. The molecule has 1 fully saturated rings. The van der Waals surface area contributed by atoms with E-state index in [1.165, 1.54) is 23.3 Å². The van der Waals surface area contributed by atoms with Crippen LogP contribution in [0.4, 0.5) is 0 Å². The van der Waals surface area contributed by atoms with E-state index in [1.807, 2.05) is 10.1 Å². The molecule has 0 unspecified atom stereocenters. The number of hydrogen-bond acceptors (Lipinski definition) is 6. The summed E-state index contributed by atoms with van der Waals surface area (Å²) in [6.07, 6.45) is 9.06. The van der Waals surface area contributed by atoms with Crippen LogP contribution >= 0.6 is 11.3 Å². The minimum Gasteiger partial charge on any atom is -0.350 e. The second kappa shape index (κ2) is 7.60. The molecule has 0 aromatic carbocycles. The fourth-order valence-corrected chi connectivity index (χ4v) is 5.42. The van der Waals surface area contributed by atoms with Gasteiger partial charge in [-0.25, -0.2) is 14.6 Å². The molecule has 1 aliphatic carbocycles. The van der Waals surface area contributed by atoms with Crippen molar-refractivity contribution in [2.24, 2.45) is 0 Å². The Morgan fingerprint density at radius 1 is 1.29 bits per heavy atom. The van der Waals surface area contributed by atoms with Crippen molar-refractivity contribution in [1.29, 1.82) is 0 Å². The average Bonchev–Trinajstić information content (AvgIpc) is 3.46. The third kappa shape index (κ3) is 3.20. The van der Waals surface area contributed by atoms with Crippen LogP contribution in [0, 0.1) is 0 Å². The topological polar surface area (TPSA) is 84.7 Å². The van der Waals surface area contributed by atoms with E-state index in [0.717, 1.165) is 54.8 Å². The number of amides is 1. The molecule has 0 radical (unpaired) electrons. The smallest absolute Gasteiger partial charge is 0.252 e. The molecule has 0 saturated carbocycles. The van der Waals surface area contributed by atoms with Crippen LogP contribution in [-0.2, 0) is 19.4 Å². The zero-order valence-corrected chi connectivity index (χ0v) is 16.6. The minimum atomic E-state index is 0.0298. The van der Waals surface area contributed by atoms with Gasteiger partial charge in [-0.05, 0) is 44.2 Å². The highest BCUT2D eigenvalue weighted by Gasteiger charge is 2.24. The quantitative estimate of drug-likeness (QED) is 0.691. The molecule has 2 aliphatic rings. The Balaban J connectivity index is 1.30. The van der Waals surface area contributed by atoms with Gasteiger partial charge >= 0.3 is 0 Å². The van der Waals surface area contributed by atoms with Crippen LogP contribution in [0.2, 0.25) is 0 Å². The Labute approximate surface area is 167 Å².